The fraction of sp³-hybridized carbons (Fsp3) is 0.0400. The summed E-state index contributed by atoms with van der Waals surface area (Å²) < 4.78 is 0. The maximum atomic E-state index is 2.60. The minimum absolute atomic E-state index is 0.136. The third kappa shape index (κ3) is 4.59. The fourth-order valence-electron chi connectivity index (χ4n) is 9.32. The zero-order valence-corrected chi connectivity index (χ0v) is 29.3. The molecule has 2 aliphatic carbocycles. The van der Waals surface area contributed by atoms with Crippen molar-refractivity contribution in [1.82, 2.24) is 0 Å². The lowest BCUT2D eigenvalue weighted by Crippen LogP contribution is -2.74. The van der Waals surface area contributed by atoms with Gasteiger partial charge in [0.25, 0.3) is 0 Å². The van der Waals surface area contributed by atoms with E-state index in [4.69, 9.17) is 0 Å². The Labute approximate surface area is 301 Å². The second kappa shape index (κ2) is 12.1. The first-order valence-electron chi connectivity index (χ1n) is 18.0. The number of benzene rings is 8. The van der Waals surface area contributed by atoms with Crippen LogP contribution in [0.5, 0.6) is 0 Å². The molecule has 0 saturated carbocycles. The van der Waals surface area contributed by atoms with Crippen LogP contribution in [0.15, 0.2) is 206 Å². The van der Waals surface area contributed by atoms with E-state index in [2.05, 4.69) is 206 Å². The Kier molecular flexibility index (Phi) is 7.08. The molecule has 8 aromatic rings. The molecule has 0 aromatic heterocycles. The minimum Gasteiger partial charge on any atom is -0.0623 e. The molecule has 0 bridgehead atoms. The van der Waals surface area contributed by atoms with Crippen molar-refractivity contribution in [2.75, 3.05) is 0 Å². The number of rotatable bonds is 6. The van der Waals surface area contributed by atoms with Gasteiger partial charge in [-0.05, 0) is 76.4 Å². The van der Waals surface area contributed by atoms with E-state index >= 15 is 0 Å². The Morgan fingerprint density at radius 2 is 0.529 bits per heavy atom. The third-order valence-corrected chi connectivity index (χ3v) is 16.1. The number of fused-ring (bicyclic) bond motifs is 6. The van der Waals surface area contributed by atoms with E-state index < -0.39 is 8.07 Å². The molecule has 0 saturated heterocycles. The van der Waals surface area contributed by atoms with Crippen molar-refractivity contribution in [1.29, 1.82) is 0 Å². The van der Waals surface area contributed by atoms with E-state index in [1.165, 1.54) is 76.4 Å². The maximum Gasteiger partial charge on any atom is 0.179 e. The maximum absolute atomic E-state index is 2.83. The predicted molar refractivity (Wildman–Crippen MR) is 216 cm³/mol. The quantitative estimate of drug-likeness (QED) is 0.123. The second-order valence-electron chi connectivity index (χ2n) is 14.0. The molecular formula is C50H36Si. The van der Waals surface area contributed by atoms with Gasteiger partial charge in [-0.1, -0.05) is 206 Å². The summed E-state index contributed by atoms with van der Waals surface area (Å²) in [7, 11) is -2.83. The first kappa shape index (κ1) is 29.9. The summed E-state index contributed by atoms with van der Waals surface area (Å²) in [5.74, 6) is 0.272. The number of hydrogen-bond acceptors (Lipinski definition) is 0. The van der Waals surface area contributed by atoms with Crippen LogP contribution in [0.2, 0.25) is 0 Å². The van der Waals surface area contributed by atoms with Gasteiger partial charge < -0.3 is 0 Å². The van der Waals surface area contributed by atoms with E-state index in [9.17, 15) is 0 Å². The van der Waals surface area contributed by atoms with Crippen molar-refractivity contribution in [2.45, 2.75) is 11.8 Å². The van der Waals surface area contributed by atoms with Crippen molar-refractivity contribution >= 4 is 28.8 Å². The summed E-state index contributed by atoms with van der Waals surface area (Å²) in [4.78, 5) is 0. The highest BCUT2D eigenvalue weighted by atomic mass is 28.3. The van der Waals surface area contributed by atoms with Crippen LogP contribution in [0, 0.1) is 0 Å². The largest absolute Gasteiger partial charge is 0.179 e. The van der Waals surface area contributed by atoms with Crippen LogP contribution in [0.1, 0.15) is 45.2 Å². The van der Waals surface area contributed by atoms with Gasteiger partial charge in [0, 0.05) is 11.8 Å². The summed E-state index contributed by atoms with van der Waals surface area (Å²) in [6.07, 6.45) is 0. The first-order chi connectivity index (χ1) is 25.3. The molecule has 0 atom stereocenters. The van der Waals surface area contributed by atoms with Crippen molar-refractivity contribution in [2.24, 2.45) is 0 Å². The van der Waals surface area contributed by atoms with E-state index in [1.807, 2.05) is 0 Å². The van der Waals surface area contributed by atoms with Crippen molar-refractivity contribution < 1.29 is 0 Å². The van der Waals surface area contributed by atoms with Crippen LogP contribution >= 0.6 is 0 Å². The van der Waals surface area contributed by atoms with Gasteiger partial charge in [0.2, 0.25) is 0 Å². The molecule has 10 rings (SSSR count). The summed E-state index contributed by atoms with van der Waals surface area (Å²) in [6.45, 7) is 0. The molecule has 0 radical (unpaired) electrons. The molecule has 0 aliphatic heterocycles. The Morgan fingerprint density at radius 1 is 0.255 bits per heavy atom. The average molecular weight is 665 g/mol. The van der Waals surface area contributed by atoms with Gasteiger partial charge in [0.15, 0.2) is 8.07 Å². The highest BCUT2D eigenvalue weighted by molar-refractivity contribution is 7.19. The minimum atomic E-state index is -2.83. The lowest BCUT2D eigenvalue weighted by molar-refractivity contribution is 0.975. The van der Waals surface area contributed by atoms with E-state index in [0.717, 1.165) is 0 Å². The normalized spacial score (nSPS) is 13.3. The Hall–Kier alpha value is -6.02. The van der Waals surface area contributed by atoms with Crippen LogP contribution in [-0.2, 0) is 0 Å². The third-order valence-electron chi connectivity index (χ3n) is 11.4. The molecule has 0 nitrogen and oxygen atoms in total. The molecule has 0 unspecified atom stereocenters. The van der Waals surface area contributed by atoms with Crippen LogP contribution in [0.25, 0.3) is 22.3 Å². The SMILES string of the molecule is c1ccc([Si](c2ccccc2)(c2ccccc2)c2cc(C3c4ccccc4-c4ccccc43)cc(C3c4ccccc4-c4ccccc43)c2)cc1. The second-order valence-corrected chi connectivity index (χ2v) is 17.8. The fourth-order valence-corrected chi connectivity index (χ4v) is 14.2. The lowest BCUT2D eigenvalue weighted by atomic mass is 9.84. The molecule has 2 aliphatic rings. The van der Waals surface area contributed by atoms with Crippen molar-refractivity contribution in [3.8, 4) is 22.3 Å². The zero-order valence-electron chi connectivity index (χ0n) is 28.3. The molecule has 0 amide bonds. The highest BCUT2D eigenvalue weighted by Gasteiger charge is 2.43. The summed E-state index contributed by atoms with van der Waals surface area (Å²) in [6, 6.07) is 78.0. The van der Waals surface area contributed by atoms with Gasteiger partial charge in [0.1, 0.15) is 0 Å². The van der Waals surface area contributed by atoms with Crippen molar-refractivity contribution in [3.63, 3.8) is 0 Å². The Bertz CT molecular complexity index is 2230. The first-order valence-corrected chi connectivity index (χ1v) is 20.0. The summed E-state index contributed by atoms with van der Waals surface area (Å²) in [5.41, 5.74) is 13.7. The molecule has 240 valence electrons. The number of hydrogen-bond donors (Lipinski definition) is 0. The van der Waals surface area contributed by atoms with E-state index in [0.29, 0.717) is 0 Å². The average Bonchev–Trinajstić information content (AvgIpc) is 3.73. The van der Waals surface area contributed by atoms with E-state index in [-0.39, 0.29) is 11.8 Å². The van der Waals surface area contributed by atoms with Gasteiger partial charge in [-0.25, -0.2) is 0 Å². The van der Waals surface area contributed by atoms with Crippen molar-refractivity contribution in [3.05, 3.63) is 240 Å². The molecule has 1 heteroatoms. The Morgan fingerprint density at radius 3 is 0.843 bits per heavy atom. The summed E-state index contributed by atoms with van der Waals surface area (Å²) >= 11 is 0. The predicted octanol–water partition coefficient (Wildman–Crippen LogP) is 9.39. The van der Waals surface area contributed by atoms with E-state index in [1.54, 1.807) is 0 Å². The van der Waals surface area contributed by atoms with Gasteiger partial charge in [-0.2, -0.15) is 0 Å². The monoisotopic (exact) mass is 664 g/mol. The highest BCUT2D eigenvalue weighted by Crippen LogP contribution is 2.51. The molecule has 0 spiro atoms. The molecule has 0 fully saturated rings. The summed E-state index contributed by atoms with van der Waals surface area (Å²) in [5, 5.41) is 5.60. The molecule has 0 heterocycles. The van der Waals surface area contributed by atoms with Crippen LogP contribution < -0.4 is 20.7 Å². The smallest absolute Gasteiger partial charge is 0.0623 e. The molecule has 0 N–H and O–H groups in total. The van der Waals surface area contributed by atoms with Crippen LogP contribution in [0.4, 0.5) is 0 Å². The standard InChI is InChI=1S/C50H36Si/c1-4-18-37(19-5-1)51(38-20-6-2-7-21-38,39-22-8-3-9-23-39)40-33-35(49-45-28-14-10-24-41(45)42-25-11-15-29-46(42)49)32-36(34-40)50-47-30-16-12-26-43(47)44-27-13-17-31-48(44)50/h1-34,49-50H. The zero-order chi connectivity index (χ0) is 33.8. The van der Waals surface area contributed by atoms with Gasteiger partial charge in [0.05, 0.1) is 0 Å². The van der Waals surface area contributed by atoms with Gasteiger partial charge in [-0.3, -0.25) is 0 Å². The van der Waals surface area contributed by atoms with Crippen LogP contribution in [-0.4, -0.2) is 8.07 Å². The van der Waals surface area contributed by atoms with Crippen LogP contribution in [0.3, 0.4) is 0 Å². The lowest BCUT2D eigenvalue weighted by Gasteiger charge is -2.36. The van der Waals surface area contributed by atoms with Gasteiger partial charge in [-0.15, -0.1) is 0 Å². The topological polar surface area (TPSA) is 0 Å². The molecule has 51 heavy (non-hydrogen) atoms. The molecule has 8 aromatic carbocycles. The van der Waals surface area contributed by atoms with Gasteiger partial charge >= 0.3 is 0 Å². The Balaban J connectivity index is 1.34. The molecular weight excluding hydrogens is 629 g/mol.